The summed E-state index contributed by atoms with van der Waals surface area (Å²) in [6.45, 7) is 1.32. The number of aromatic nitrogens is 1. The first-order chi connectivity index (χ1) is 10.2. The van der Waals surface area contributed by atoms with Crippen LogP contribution < -0.4 is 5.32 Å². The fourth-order valence-electron chi connectivity index (χ4n) is 1.75. The zero-order valence-electron chi connectivity index (χ0n) is 11.2. The van der Waals surface area contributed by atoms with Crippen molar-refractivity contribution in [1.82, 2.24) is 4.98 Å². The third-order valence-electron chi connectivity index (χ3n) is 2.84. The Labute approximate surface area is 128 Å². The number of nitrogens with one attached hydrogen (secondary N) is 2. The first-order valence-corrected chi connectivity index (χ1v) is 6.44. The molecule has 22 heavy (non-hydrogen) atoms. The molecule has 1 amide bonds. The monoisotopic (exact) mass is 330 g/mol. The number of hydrogen-bond donors (Lipinski definition) is 2. The number of carbonyl (C=O) groups excluding carboxylic acids is 2. The third kappa shape index (κ3) is 3.48. The summed E-state index contributed by atoms with van der Waals surface area (Å²) < 4.78 is 38.2. The van der Waals surface area contributed by atoms with Gasteiger partial charge in [-0.2, -0.15) is 13.2 Å². The Kier molecular flexibility index (Phi) is 4.27. The zero-order valence-corrected chi connectivity index (χ0v) is 12.0. The highest BCUT2D eigenvalue weighted by atomic mass is 35.5. The van der Waals surface area contributed by atoms with Gasteiger partial charge in [-0.25, -0.2) is 0 Å². The van der Waals surface area contributed by atoms with E-state index in [0.717, 1.165) is 12.1 Å². The molecule has 2 rings (SSSR count). The normalized spacial score (nSPS) is 11.3. The fourth-order valence-corrected chi connectivity index (χ4v) is 1.98. The molecule has 0 bridgehead atoms. The number of halogens is 4. The summed E-state index contributed by atoms with van der Waals surface area (Å²) >= 11 is 5.50. The molecule has 1 aromatic carbocycles. The van der Waals surface area contributed by atoms with Gasteiger partial charge in [0.15, 0.2) is 5.78 Å². The lowest BCUT2D eigenvalue weighted by Gasteiger charge is -2.11. The van der Waals surface area contributed by atoms with Gasteiger partial charge in [-0.3, -0.25) is 9.59 Å². The Morgan fingerprint density at radius 1 is 1.14 bits per heavy atom. The van der Waals surface area contributed by atoms with Gasteiger partial charge < -0.3 is 10.3 Å². The van der Waals surface area contributed by atoms with Crippen LogP contribution in [0.1, 0.15) is 33.5 Å². The van der Waals surface area contributed by atoms with Crippen LogP contribution in [0, 0.1) is 0 Å². The molecule has 0 aliphatic rings. The Morgan fingerprint density at radius 2 is 1.77 bits per heavy atom. The number of ketones is 1. The molecule has 8 heteroatoms. The van der Waals surface area contributed by atoms with Gasteiger partial charge in [0.05, 0.1) is 16.3 Å². The standard InChI is InChI=1S/C14H10ClF3N2O2/c1-7(21)11-4-5-12(20-11)13(22)19-8-2-3-10(15)9(6-8)14(16,17)18/h2-6,20H,1H3,(H,19,22). The molecule has 0 aliphatic carbocycles. The topological polar surface area (TPSA) is 62.0 Å². The van der Waals surface area contributed by atoms with Crippen LogP contribution >= 0.6 is 11.6 Å². The molecular weight excluding hydrogens is 321 g/mol. The van der Waals surface area contributed by atoms with Crippen molar-refractivity contribution in [2.75, 3.05) is 5.32 Å². The number of aromatic amines is 1. The zero-order chi connectivity index (χ0) is 16.5. The maximum atomic E-state index is 12.7. The lowest BCUT2D eigenvalue weighted by molar-refractivity contribution is -0.137. The van der Waals surface area contributed by atoms with Crippen LogP contribution in [0.25, 0.3) is 0 Å². The number of hydrogen-bond acceptors (Lipinski definition) is 2. The molecular formula is C14H10ClF3N2O2. The molecule has 0 atom stereocenters. The van der Waals surface area contributed by atoms with Crippen LogP contribution in [-0.4, -0.2) is 16.7 Å². The van der Waals surface area contributed by atoms with Crippen LogP contribution in [0.3, 0.4) is 0 Å². The second-order valence-corrected chi connectivity index (χ2v) is 4.90. The number of anilines is 1. The van der Waals surface area contributed by atoms with Crippen molar-refractivity contribution in [3.63, 3.8) is 0 Å². The number of Topliss-reactive ketones (excluding diaryl/α,β-unsaturated/α-hetero) is 1. The predicted octanol–water partition coefficient (Wildman–Crippen LogP) is 4.14. The van der Waals surface area contributed by atoms with E-state index < -0.39 is 22.7 Å². The largest absolute Gasteiger partial charge is 0.417 e. The van der Waals surface area contributed by atoms with Gasteiger partial charge in [-0.15, -0.1) is 0 Å². The average Bonchev–Trinajstić information content (AvgIpc) is 2.89. The second-order valence-electron chi connectivity index (χ2n) is 4.49. The molecule has 0 fully saturated rings. The van der Waals surface area contributed by atoms with E-state index in [2.05, 4.69) is 10.3 Å². The highest BCUT2D eigenvalue weighted by Crippen LogP contribution is 2.36. The summed E-state index contributed by atoms with van der Waals surface area (Å²) in [7, 11) is 0. The molecule has 0 spiro atoms. The fraction of sp³-hybridized carbons (Fsp3) is 0.143. The molecule has 116 valence electrons. The van der Waals surface area contributed by atoms with Crippen molar-refractivity contribution in [3.8, 4) is 0 Å². The number of benzene rings is 1. The van der Waals surface area contributed by atoms with Crippen molar-refractivity contribution in [2.24, 2.45) is 0 Å². The number of alkyl halides is 3. The van der Waals surface area contributed by atoms with E-state index in [1.54, 1.807) is 0 Å². The minimum Gasteiger partial charge on any atom is -0.348 e. The number of rotatable bonds is 3. The molecule has 4 nitrogen and oxygen atoms in total. The van der Waals surface area contributed by atoms with Gasteiger partial charge in [-0.05, 0) is 30.3 Å². The van der Waals surface area contributed by atoms with E-state index in [9.17, 15) is 22.8 Å². The van der Waals surface area contributed by atoms with Gasteiger partial charge in [0.1, 0.15) is 5.69 Å². The smallest absolute Gasteiger partial charge is 0.348 e. The summed E-state index contributed by atoms with van der Waals surface area (Å²) in [6, 6.07) is 5.84. The average molecular weight is 331 g/mol. The van der Waals surface area contributed by atoms with Crippen molar-refractivity contribution < 1.29 is 22.8 Å². The first-order valence-electron chi connectivity index (χ1n) is 6.06. The van der Waals surface area contributed by atoms with Crippen LogP contribution in [0.4, 0.5) is 18.9 Å². The summed E-state index contributed by atoms with van der Waals surface area (Å²) in [5, 5.41) is 1.86. The van der Waals surface area contributed by atoms with Crippen LogP contribution in [0.15, 0.2) is 30.3 Å². The van der Waals surface area contributed by atoms with Crippen LogP contribution in [0.2, 0.25) is 5.02 Å². The molecule has 0 saturated carbocycles. The molecule has 0 aliphatic heterocycles. The van der Waals surface area contributed by atoms with E-state index >= 15 is 0 Å². The molecule has 2 N–H and O–H groups in total. The lowest BCUT2D eigenvalue weighted by atomic mass is 10.2. The highest BCUT2D eigenvalue weighted by molar-refractivity contribution is 6.31. The molecule has 1 heterocycles. The van der Waals surface area contributed by atoms with E-state index in [1.165, 1.54) is 25.1 Å². The van der Waals surface area contributed by atoms with Crippen molar-refractivity contribution in [1.29, 1.82) is 0 Å². The number of amides is 1. The molecule has 2 aromatic rings. The predicted molar refractivity (Wildman–Crippen MR) is 75.2 cm³/mol. The van der Waals surface area contributed by atoms with Gasteiger partial charge in [0, 0.05) is 12.6 Å². The second kappa shape index (κ2) is 5.84. The maximum absolute atomic E-state index is 12.7. The number of H-pyrrole nitrogens is 1. The van der Waals surface area contributed by atoms with Gasteiger partial charge in [-0.1, -0.05) is 11.6 Å². The van der Waals surface area contributed by atoms with E-state index in [4.69, 9.17) is 11.6 Å². The summed E-state index contributed by atoms with van der Waals surface area (Å²) in [4.78, 5) is 25.6. The van der Waals surface area contributed by atoms with Crippen molar-refractivity contribution in [3.05, 3.63) is 52.3 Å². The first kappa shape index (κ1) is 16.1. The minimum absolute atomic E-state index is 0.0549. The van der Waals surface area contributed by atoms with Gasteiger partial charge >= 0.3 is 6.18 Å². The van der Waals surface area contributed by atoms with Crippen molar-refractivity contribution >= 4 is 29.0 Å². The third-order valence-corrected chi connectivity index (χ3v) is 3.17. The number of carbonyl (C=O) groups is 2. The molecule has 0 radical (unpaired) electrons. The van der Waals surface area contributed by atoms with E-state index in [-0.39, 0.29) is 22.9 Å². The van der Waals surface area contributed by atoms with E-state index in [0.29, 0.717) is 0 Å². The maximum Gasteiger partial charge on any atom is 0.417 e. The van der Waals surface area contributed by atoms with Gasteiger partial charge in [0.25, 0.3) is 5.91 Å². The quantitative estimate of drug-likeness (QED) is 0.831. The summed E-state index contributed by atoms with van der Waals surface area (Å²) in [5.74, 6) is -0.923. The van der Waals surface area contributed by atoms with Crippen LogP contribution in [0.5, 0.6) is 0 Å². The van der Waals surface area contributed by atoms with Gasteiger partial charge in [0.2, 0.25) is 0 Å². The van der Waals surface area contributed by atoms with Crippen molar-refractivity contribution in [2.45, 2.75) is 13.1 Å². The minimum atomic E-state index is -4.62. The molecule has 0 unspecified atom stereocenters. The highest BCUT2D eigenvalue weighted by Gasteiger charge is 2.33. The summed E-state index contributed by atoms with van der Waals surface area (Å²) in [6.07, 6.45) is -4.62. The Bertz CT molecular complexity index is 738. The Hall–Kier alpha value is -2.28. The Morgan fingerprint density at radius 3 is 2.32 bits per heavy atom. The van der Waals surface area contributed by atoms with Crippen LogP contribution in [-0.2, 0) is 6.18 Å². The molecule has 0 saturated heterocycles. The SMILES string of the molecule is CC(=O)c1ccc(C(=O)Nc2ccc(Cl)c(C(F)(F)F)c2)[nH]1. The molecule has 1 aromatic heterocycles. The Balaban J connectivity index is 2.23. The van der Waals surface area contributed by atoms with E-state index in [1.807, 2.05) is 0 Å². The summed E-state index contributed by atoms with van der Waals surface area (Å²) in [5.41, 5.74) is -0.797. The lowest BCUT2D eigenvalue weighted by Crippen LogP contribution is -2.14.